The van der Waals surface area contributed by atoms with Gasteiger partial charge in [0, 0.05) is 43.8 Å². The molecule has 11 aromatic rings. The minimum Gasteiger partial charge on any atom is -0.456 e. The van der Waals surface area contributed by atoms with E-state index >= 15 is 0 Å². The minimum absolute atomic E-state index is 0.573. The fourth-order valence-corrected chi connectivity index (χ4v) is 7.71. The Morgan fingerprint density at radius 2 is 0.696 bits per heavy atom. The van der Waals surface area contributed by atoms with Crippen molar-refractivity contribution in [3.05, 3.63) is 188 Å². The standard InChI is InChI=1S/C51H31N3O2/c1-3-10-32(11-4-1)34-18-22-36(23-19-34)49-52-50(37-24-20-35(21-25-37)33-12-5-2-6-13-33)54-51(53-49)39-27-29-43-42-28-26-38(30-46(42)55-47(43)31-39)40-15-9-16-44-41-14-7-8-17-45(41)56-48(40)44/h1-31H. The van der Waals surface area contributed by atoms with Crippen LogP contribution in [0.4, 0.5) is 0 Å². The lowest BCUT2D eigenvalue weighted by molar-refractivity contribution is 0.668. The third kappa shape index (κ3) is 5.53. The molecule has 11 rings (SSSR count). The molecule has 8 aromatic carbocycles. The van der Waals surface area contributed by atoms with Crippen molar-refractivity contribution in [1.82, 2.24) is 15.0 Å². The van der Waals surface area contributed by atoms with Crippen molar-refractivity contribution < 1.29 is 8.83 Å². The molecule has 0 aliphatic carbocycles. The fraction of sp³-hybridized carbons (Fsp3) is 0. The van der Waals surface area contributed by atoms with Crippen LogP contribution in [-0.2, 0) is 0 Å². The van der Waals surface area contributed by atoms with Gasteiger partial charge in [0.2, 0.25) is 0 Å². The Labute approximate surface area is 322 Å². The topological polar surface area (TPSA) is 65.0 Å². The van der Waals surface area contributed by atoms with E-state index in [2.05, 4.69) is 152 Å². The van der Waals surface area contributed by atoms with Gasteiger partial charge in [0.1, 0.15) is 22.3 Å². The third-order valence-electron chi connectivity index (χ3n) is 10.6. The van der Waals surface area contributed by atoms with Gasteiger partial charge in [-0.25, -0.2) is 15.0 Å². The van der Waals surface area contributed by atoms with Crippen molar-refractivity contribution in [2.75, 3.05) is 0 Å². The first-order chi connectivity index (χ1) is 27.7. The first-order valence-electron chi connectivity index (χ1n) is 18.7. The molecule has 0 fully saturated rings. The van der Waals surface area contributed by atoms with Crippen LogP contribution in [0.25, 0.3) is 111 Å². The van der Waals surface area contributed by atoms with E-state index in [1.807, 2.05) is 36.4 Å². The minimum atomic E-state index is 0.573. The highest BCUT2D eigenvalue weighted by molar-refractivity contribution is 6.11. The largest absolute Gasteiger partial charge is 0.456 e. The molecule has 0 radical (unpaired) electrons. The molecule has 0 spiro atoms. The van der Waals surface area contributed by atoms with Gasteiger partial charge in [-0.3, -0.25) is 0 Å². The van der Waals surface area contributed by atoms with E-state index in [0.29, 0.717) is 17.5 Å². The van der Waals surface area contributed by atoms with Crippen molar-refractivity contribution in [1.29, 1.82) is 0 Å². The number of para-hydroxylation sites is 2. The lowest BCUT2D eigenvalue weighted by atomic mass is 10.0. The number of fused-ring (bicyclic) bond motifs is 6. The molecule has 5 nitrogen and oxygen atoms in total. The van der Waals surface area contributed by atoms with E-state index in [1.165, 1.54) is 0 Å². The fourth-order valence-electron chi connectivity index (χ4n) is 7.71. The van der Waals surface area contributed by atoms with E-state index in [9.17, 15) is 0 Å². The summed E-state index contributed by atoms with van der Waals surface area (Å²) in [5.41, 5.74) is 12.6. The zero-order valence-corrected chi connectivity index (χ0v) is 30.1. The summed E-state index contributed by atoms with van der Waals surface area (Å²) in [7, 11) is 0. The molecular formula is C51H31N3O2. The van der Waals surface area contributed by atoms with Gasteiger partial charge in [-0.15, -0.1) is 0 Å². The molecule has 0 saturated carbocycles. The summed E-state index contributed by atoms with van der Waals surface area (Å²) >= 11 is 0. The number of aromatic nitrogens is 3. The van der Waals surface area contributed by atoms with Gasteiger partial charge in [-0.2, -0.15) is 0 Å². The molecule has 262 valence electrons. The second-order valence-electron chi connectivity index (χ2n) is 14.0. The van der Waals surface area contributed by atoms with Crippen LogP contribution in [0.1, 0.15) is 0 Å². The molecule has 0 atom stereocenters. The second-order valence-corrected chi connectivity index (χ2v) is 14.0. The summed E-state index contributed by atoms with van der Waals surface area (Å²) in [6.07, 6.45) is 0. The number of benzene rings is 8. The average molecular weight is 718 g/mol. The van der Waals surface area contributed by atoms with Crippen LogP contribution in [0.15, 0.2) is 197 Å². The molecule has 0 unspecified atom stereocenters. The Hall–Kier alpha value is -7.63. The van der Waals surface area contributed by atoms with Gasteiger partial charge in [0.15, 0.2) is 17.5 Å². The summed E-state index contributed by atoms with van der Waals surface area (Å²) in [6, 6.07) is 64.6. The molecule has 0 amide bonds. The van der Waals surface area contributed by atoms with Crippen molar-refractivity contribution in [3.63, 3.8) is 0 Å². The molecule has 3 aromatic heterocycles. The van der Waals surface area contributed by atoms with Crippen molar-refractivity contribution in [2.45, 2.75) is 0 Å². The highest BCUT2D eigenvalue weighted by Gasteiger charge is 2.17. The Bertz CT molecular complexity index is 3120. The Kier molecular flexibility index (Phi) is 7.42. The van der Waals surface area contributed by atoms with E-state index in [4.69, 9.17) is 23.8 Å². The lowest BCUT2D eigenvalue weighted by Crippen LogP contribution is -2.00. The molecule has 0 bridgehead atoms. The zero-order valence-electron chi connectivity index (χ0n) is 30.1. The molecule has 0 aliphatic rings. The summed E-state index contributed by atoms with van der Waals surface area (Å²) in [6.45, 7) is 0. The predicted molar refractivity (Wildman–Crippen MR) is 227 cm³/mol. The molecule has 0 aliphatic heterocycles. The zero-order chi connectivity index (χ0) is 37.0. The van der Waals surface area contributed by atoms with E-state index in [-0.39, 0.29) is 0 Å². The maximum atomic E-state index is 6.59. The summed E-state index contributed by atoms with van der Waals surface area (Å²) in [5, 5.41) is 4.28. The third-order valence-corrected chi connectivity index (χ3v) is 10.6. The second kappa shape index (κ2) is 13.0. The number of furan rings is 2. The normalized spacial score (nSPS) is 11.6. The number of hydrogen-bond acceptors (Lipinski definition) is 5. The van der Waals surface area contributed by atoms with Gasteiger partial charge in [-0.1, -0.05) is 158 Å². The summed E-state index contributed by atoms with van der Waals surface area (Å²) < 4.78 is 12.9. The average Bonchev–Trinajstić information content (AvgIpc) is 3.85. The number of hydrogen-bond donors (Lipinski definition) is 0. The summed E-state index contributed by atoms with van der Waals surface area (Å²) in [4.78, 5) is 15.1. The van der Waals surface area contributed by atoms with Gasteiger partial charge in [0.25, 0.3) is 0 Å². The molecule has 5 heteroatoms. The number of rotatable bonds is 6. The van der Waals surface area contributed by atoms with Crippen LogP contribution in [0.3, 0.4) is 0 Å². The van der Waals surface area contributed by atoms with Crippen LogP contribution in [0.2, 0.25) is 0 Å². The highest BCUT2D eigenvalue weighted by Crippen LogP contribution is 2.39. The molecule has 56 heavy (non-hydrogen) atoms. The monoisotopic (exact) mass is 717 g/mol. The van der Waals surface area contributed by atoms with Crippen molar-refractivity contribution >= 4 is 43.9 Å². The van der Waals surface area contributed by atoms with Crippen LogP contribution < -0.4 is 0 Å². The predicted octanol–water partition coefficient (Wildman–Crippen LogP) is 13.7. The molecule has 0 saturated heterocycles. The lowest BCUT2D eigenvalue weighted by Gasteiger charge is -2.10. The first-order valence-corrected chi connectivity index (χ1v) is 18.7. The molecule has 3 heterocycles. The SMILES string of the molecule is c1ccc(-c2ccc(-c3nc(-c4ccc(-c5ccccc5)cc4)nc(-c4ccc5c(c4)oc4cc(-c6cccc7c6oc6ccccc67)ccc45)n3)cc2)cc1. The van der Waals surface area contributed by atoms with Crippen LogP contribution in [0.5, 0.6) is 0 Å². The van der Waals surface area contributed by atoms with E-state index < -0.39 is 0 Å². The maximum Gasteiger partial charge on any atom is 0.164 e. The van der Waals surface area contributed by atoms with Crippen molar-refractivity contribution in [2.24, 2.45) is 0 Å². The van der Waals surface area contributed by atoms with E-state index in [1.54, 1.807) is 0 Å². The highest BCUT2D eigenvalue weighted by atomic mass is 16.3. The van der Waals surface area contributed by atoms with Gasteiger partial charge < -0.3 is 8.83 Å². The van der Waals surface area contributed by atoms with Crippen LogP contribution >= 0.6 is 0 Å². The maximum absolute atomic E-state index is 6.59. The molecular weight excluding hydrogens is 687 g/mol. The van der Waals surface area contributed by atoms with Gasteiger partial charge in [0.05, 0.1) is 0 Å². The number of nitrogens with zero attached hydrogens (tertiary/aromatic N) is 3. The Morgan fingerprint density at radius 1 is 0.268 bits per heavy atom. The van der Waals surface area contributed by atoms with E-state index in [0.717, 1.165) is 93.9 Å². The Morgan fingerprint density at radius 3 is 1.30 bits per heavy atom. The molecule has 0 N–H and O–H groups in total. The quantitative estimate of drug-likeness (QED) is 0.171. The summed E-state index contributed by atoms with van der Waals surface area (Å²) in [5.74, 6) is 1.78. The van der Waals surface area contributed by atoms with Gasteiger partial charge in [-0.05, 0) is 58.1 Å². The van der Waals surface area contributed by atoms with Crippen LogP contribution in [0, 0.1) is 0 Å². The smallest absolute Gasteiger partial charge is 0.164 e. The first kappa shape index (κ1) is 31.9. The van der Waals surface area contributed by atoms with Gasteiger partial charge >= 0.3 is 0 Å². The van der Waals surface area contributed by atoms with Crippen LogP contribution in [-0.4, -0.2) is 15.0 Å². The van der Waals surface area contributed by atoms with Crippen molar-refractivity contribution in [3.8, 4) is 67.5 Å². The Balaban J connectivity index is 1.00.